The Morgan fingerprint density at radius 3 is 2.62 bits per heavy atom. The minimum Gasteiger partial charge on any atom is -0.490 e. The van der Waals surface area contributed by atoms with E-state index in [2.05, 4.69) is 29.7 Å². The van der Waals surface area contributed by atoms with E-state index in [1.165, 1.54) is 17.3 Å². The van der Waals surface area contributed by atoms with Crippen LogP contribution in [0.2, 0.25) is 5.02 Å². The maximum atomic E-state index is 12.6. The Morgan fingerprint density at radius 1 is 1.05 bits per heavy atom. The number of aryl methyl sites for hydroxylation is 1. The van der Waals surface area contributed by atoms with Gasteiger partial charge in [0.1, 0.15) is 6.61 Å². The van der Waals surface area contributed by atoms with Crippen molar-refractivity contribution in [2.75, 3.05) is 18.7 Å². The van der Waals surface area contributed by atoms with E-state index in [0.717, 1.165) is 29.0 Å². The summed E-state index contributed by atoms with van der Waals surface area (Å²) in [6.07, 6.45) is 2.79. The molecule has 192 valence electrons. The zero-order valence-corrected chi connectivity index (χ0v) is 22.1. The first-order chi connectivity index (χ1) is 18.0. The molecule has 1 fully saturated rings. The Balaban J connectivity index is 1.30. The van der Waals surface area contributed by atoms with Crippen LogP contribution in [0.5, 0.6) is 23.0 Å². The van der Waals surface area contributed by atoms with Crippen LogP contribution in [0.25, 0.3) is 6.08 Å². The average Bonchev–Trinajstić information content (AvgIpc) is 3.49. The second-order valence-corrected chi connectivity index (χ2v) is 9.97. The van der Waals surface area contributed by atoms with Crippen molar-refractivity contribution in [2.24, 2.45) is 0 Å². The lowest BCUT2D eigenvalue weighted by molar-refractivity contribution is -0.116. The fourth-order valence-electron chi connectivity index (χ4n) is 3.97. The number of rotatable bonds is 9. The minimum atomic E-state index is -0.266. The molecule has 0 saturated carbocycles. The smallest absolute Gasteiger partial charge is 0.260 e. The molecule has 2 N–H and O–H groups in total. The molecule has 1 saturated heterocycles. The fourth-order valence-corrected chi connectivity index (χ4v) is 5.22. The number of amides is 1. The molecule has 0 aromatic heterocycles. The van der Waals surface area contributed by atoms with E-state index < -0.39 is 0 Å². The molecule has 0 unspecified atom stereocenters. The van der Waals surface area contributed by atoms with Gasteiger partial charge in [0, 0.05) is 5.69 Å². The van der Waals surface area contributed by atoms with Crippen LogP contribution in [-0.4, -0.2) is 24.8 Å². The molecule has 3 aromatic carbocycles. The van der Waals surface area contributed by atoms with Crippen LogP contribution < -0.4 is 29.6 Å². The molecule has 37 heavy (non-hydrogen) atoms. The minimum absolute atomic E-state index is 0.148. The Morgan fingerprint density at radius 2 is 1.84 bits per heavy atom. The van der Waals surface area contributed by atoms with E-state index in [-0.39, 0.29) is 24.8 Å². The zero-order valence-electron chi connectivity index (χ0n) is 20.5. The van der Waals surface area contributed by atoms with Crippen LogP contribution in [0.4, 0.5) is 5.69 Å². The van der Waals surface area contributed by atoms with Crippen molar-refractivity contribution < 1.29 is 23.7 Å². The molecule has 0 aliphatic carbocycles. The van der Waals surface area contributed by atoms with Crippen molar-refractivity contribution in [3.8, 4) is 23.0 Å². The summed E-state index contributed by atoms with van der Waals surface area (Å²) >= 11 is 8.03. The molecule has 2 heterocycles. The highest BCUT2D eigenvalue weighted by molar-refractivity contribution is 8.05. The van der Waals surface area contributed by atoms with Crippen LogP contribution in [0.15, 0.2) is 59.5 Å². The monoisotopic (exact) mass is 538 g/mol. The first kappa shape index (κ1) is 25.2. The predicted molar refractivity (Wildman–Crippen MR) is 146 cm³/mol. The molecule has 0 spiro atoms. The summed E-state index contributed by atoms with van der Waals surface area (Å²) in [5.74, 6) is 2.22. The van der Waals surface area contributed by atoms with Gasteiger partial charge in [-0.2, -0.15) is 0 Å². The summed E-state index contributed by atoms with van der Waals surface area (Å²) in [6.45, 7) is 4.95. The van der Waals surface area contributed by atoms with Crippen LogP contribution in [0.3, 0.4) is 0 Å². The lowest BCUT2D eigenvalue weighted by Crippen LogP contribution is -2.30. The lowest BCUT2D eigenvalue weighted by Gasteiger charge is -2.15. The standard InChI is InChI=1S/C28H27ClN2O5S/c1-3-17-5-8-20(9-6-17)30-28-31-27(32)25(37-28)14-19-11-21(29)26(24(13-19)33-4-2)34-15-18-7-10-22-23(12-18)36-16-35-22/h5-14,28,30H,3-4,15-16H2,1-2H3,(H,31,32)/b25-14-/t28-/m0/s1. The second-order valence-electron chi connectivity index (χ2n) is 8.41. The molecular formula is C28H27ClN2O5S. The van der Waals surface area contributed by atoms with E-state index in [1.807, 2.05) is 43.3 Å². The average molecular weight is 539 g/mol. The van der Waals surface area contributed by atoms with Gasteiger partial charge in [-0.15, -0.1) is 0 Å². The topological polar surface area (TPSA) is 78.1 Å². The molecule has 5 rings (SSSR count). The van der Waals surface area contributed by atoms with Crippen molar-refractivity contribution in [1.29, 1.82) is 0 Å². The highest BCUT2D eigenvalue weighted by Gasteiger charge is 2.27. The zero-order chi connectivity index (χ0) is 25.8. The number of carbonyl (C=O) groups excluding carboxylic acids is 1. The largest absolute Gasteiger partial charge is 0.490 e. The molecule has 0 radical (unpaired) electrons. The second kappa shape index (κ2) is 11.3. The number of carbonyl (C=O) groups is 1. The van der Waals surface area contributed by atoms with Crippen molar-refractivity contribution >= 4 is 41.0 Å². The van der Waals surface area contributed by atoms with Gasteiger partial charge >= 0.3 is 0 Å². The number of benzene rings is 3. The molecule has 1 atom stereocenters. The molecular weight excluding hydrogens is 512 g/mol. The van der Waals surface area contributed by atoms with Crippen molar-refractivity contribution in [2.45, 2.75) is 32.4 Å². The third kappa shape index (κ3) is 5.92. The van der Waals surface area contributed by atoms with Gasteiger partial charge in [0.15, 0.2) is 28.5 Å². The number of hydrogen-bond acceptors (Lipinski definition) is 7. The fraction of sp³-hybridized carbons (Fsp3) is 0.250. The maximum Gasteiger partial charge on any atom is 0.260 e. The summed E-state index contributed by atoms with van der Waals surface area (Å²) in [5.41, 5.74) is 3.60. The quantitative estimate of drug-likeness (QED) is 0.314. The highest BCUT2D eigenvalue weighted by atomic mass is 35.5. The third-order valence-corrected chi connectivity index (χ3v) is 7.15. The number of fused-ring (bicyclic) bond motifs is 1. The molecule has 3 aromatic rings. The van der Waals surface area contributed by atoms with Gasteiger partial charge < -0.3 is 29.6 Å². The molecule has 1 amide bonds. The number of thioether (sulfide) groups is 1. The molecule has 9 heteroatoms. The van der Waals surface area contributed by atoms with Gasteiger partial charge in [0.2, 0.25) is 6.79 Å². The van der Waals surface area contributed by atoms with E-state index in [0.29, 0.717) is 33.8 Å². The summed E-state index contributed by atoms with van der Waals surface area (Å²) < 4.78 is 22.7. The van der Waals surface area contributed by atoms with Crippen molar-refractivity contribution in [3.05, 3.63) is 81.2 Å². The van der Waals surface area contributed by atoms with Gasteiger partial charge in [-0.25, -0.2) is 0 Å². The van der Waals surface area contributed by atoms with E-state index >= 15 is 0 Å². The maximum absolute atomic E-state index is 12.6. The van der Waals surface area contributed by atoms with E-state index in [1.54, 1.807) is 12.1 Å². The van der Waals surface area contributed by atoms with Gasteiger partial charge in [0.25, 0.3) is 5.91 Å². The molecule has 0 bridgehead atoms. The number of anilines is 1. The van der Waals surface area contributed by atoms with Crippen molar-refractivity contribution in [1.82, 2.24) is 5.32 Å². The van der Waals surface area contributed by atoms with Crippen LogP contribution in [0, 0.1) is 0 Å². The Hall–Kier alpha value is -3.49. The van der Waals surface area contributed by atoms with E-state index in [4.69, 9.17) is 30.5 Å². The van der Waals surface area contributed by atoms with Gasteiger partial charge in [0.05, 0.1) is 16.5 Å². The lowest BCUT2D eigenvalue weighted by atomic mass is 10.1. The number of halogens is 1. The SMILES string of the molecule is CCOc1cc(/C=C2\S[C@@H](Nc3ccc(CC)cc3)NC2=O)cc(Cl)c1OCc1ccc2c(c1)OCO2. The third-order valence-electron chi connectivity index (χ3n) is 5.84. The number of hydrogen-bond donors (Lipinski definition) is 2. The summed E-state index contributed by atoms with van der Waals surface area (Å²) in [4.78, 5) is 13.2. The summed E-state index contributed by atoms with van der Waals surface area (Å²) in [5, 5.41) is 6.70. The van der Waals surface area contributed by atoms with E-state index in [9.17, 15) is 4.79 Å². The summed E-state index contributed by atoms with van der Waals surface area (Å²) in [6, 6.07) is 17.4. The normalized spacial score (nSPS) is 17.1. The van der Waals surface area contributed by atoms with Gasteiger partial charge in [-0.05, 0) is 72.5 Å². The highest BCUT2D eigenvalue weighted by Crippen LogP contribution is 2.40. The van der Waals surface area contributed by atoms with Gasteiger partial charge in [-0.1, -0.05) is 48.5 Å². The molecule has 7 nitrogen and oxygen atoms in total. The summed E-state index contributed by atoms with van der Waals surface area (Å²) in [7, 11) is 0. The Kier molecular flexibility index (Phi) is 7.67. The van der Waals surface area contributed by atoms with Crippen LogP contribution >= 0.6 is 23.4 Å². The predicted octanol–water partition coefficient (Wildman–Crippen LogP) is 6.21. The van der Waals surface area contributed by atoms with Gasteiger partial charge in [-0.3, -0.25) is 4.79 Å². The molecule has 2 aliphatic heterocycles. The Bertz CT molecular complexity index is 1330. The number of ether oxygens (including phenoxy) is 4. The van der Waals surface area contributed by atoms with Crippen molar-refractivity contribution in [3.63, 3.8) is 0 Å². The number of nitrogens with one attached hydrogen (secondary N) is 2. The Labute approximate surface area is 225 Å². The first-order valence-electron chi connectivity index (χ1n) is 12.0. The van der Waals surface area contributed by atoms with Crippen LogP contribution in [0.1, 0.15) is 30.5 Å². The van der Waals surface area contributed by atoms with Crippen LogP contribution in [-0.2, 0) is 17.8 Å². The molecule has 2 aliphatic rings. The first-order valence-corrected chi connectivity index (χ1v) is 13.3.